The van der Waals surface area contributed by atoms with Crippen LogP contribution in [0.2, 0.25) is 0 Å². The molecule has 0 unspecified atom stereocenters. The van der Waals surface area contributed by atoms with E-state index in [2.05, 4.69) is 75.4 Å². The fourth-order valence-electron chi connectivity index (χ4n) is 3.74. The number of aryl methyl sites for hydroxylation is 1. The van der Waals surface area contributed by atoms with Gasteiger partial charge in [-0.05, 0) is 48.1 Å². The van der Waals surface area contributed by atoms with Crippen molar-refractivity contribution in [3.8, 4) is 0 Å². The fourth-order valence-corrected chi connectivity index (χ4v) is 3.74. The first kappa shape index (κ1) is 31.4. The Labute approximate surface area is 226 Å². The van der Waals surface area contributed by atoms with Crippen molar-refractivity contribution >= 4 is 11.5 Å². The summed E-state index contributed by atoms with van der Waals surface area (Å²) in [6, 6.07) is 28.7. The lowest BCUT2D eigenvalue weighted by Crippen LogP contribution is -2.26. The lowest BCUT2D eigenvalue weighted by atomic mass is 9.83. The van der Waals surface area contributed by atoms with Crippen molar-refractivity contribution in [3.63, 3.8) is 0 Å². The number of hydrogen-bond donors (Lipinski definition) is 2. The molecule has 3 rings (SSSR count). The van der Waals surface area contributed by atoms with E-state index in [4.69, 9.17) is 5.73 Å². The number of benzene rings is 3. The Morgan fingerprint density at radius 2 is 1.43 bits per heavy atom. The molecule has 0 aliphatic rings. The highest BCUT2D eigenvalue weighted by Gasteiger charge is 2.30. The summed E-state index contributed by atoms with van der Waals surface area (Å²) in [7, 11) is 0. The van der Waals surface area contributed by atoms with Crippen molar-refractivity contribution in [2.45, 2.75) is 65.8 Å². The normalized spacial score (nSPS) is 10.8. The van der Waals surface area contributed by atoms with Crippen LogP contribution in [0.25, 0.3) is 5.70 Å². The van der Waals surface area contributed by atoms with Gasteiger partial charge in [-0.3, -0.25) is 4.99 Å². The predicted molar refractivity (Wildman–Crippen MR) is 165 cm³/mol. The molecule has 3 heteroatoms. The van der Waals surface area contributed by atoms with Gasteiger partial charge in [-0.25, -0.2) is 0 Å². The quantitative estimate of drug-likeness (QED) is 0.128. The van der Waals surface area contributed by atoms with Gasteiger partial charge in [0.15, 0.2) is 0 Å². The predicted octanol–water partition coefficient (Wildman–Crippen LogP) is 8.52. The SMILES string of the molecule is C=C(NCCCC)c1cccc(CC)c1.C=CC(N=C(C)N)(c1ccccc1)c1ccccc1.CCC. The van der Waals surface area contributed by atoms with Gasteiger partial charge in [0.05, 0.1) is 5.84 Å². The third-order valence-electron chi connectivity index (χ3n) is 5.63. The molecule has 0 aliphatic carbocycles. The Kier molecular flexibility index (Phi) is 15.1. The second-order valence-corrected chi connectivity index (χ2v) is 8.98. The van der Waals surface area contributed by atoms with Crippen molar-refractivity contribution in [3.05, 3.63) is 126 Å². The van der Waals surface area contributed by atoms with Crippen LogP contribution < -0.4 is 11.1 Å². The lowest BCUT2D eigenvalue weighted by Gasteiger charge is -2.28. The summed E-state index contributed by atoms with van der Waals surface area (Å²) in [5.74, 6) is 0.535. The molecular weight excluding hydrogens is 450 g/mol. The third-order valence-corrected chi connectivity index (χ3v) is 5.63. The van der Waals surface area contributed by atoms with Gasteiger partial charge in [-0.2, -0.15) is 0 Å². The highest BCUT2D eigenvalue weighted by atomic mass is 14.9. The summed E-state index contributed by atoms with van der Waals surface area (Å²) in [5.41, 5.74) is 10.9. The van der Waals surface area contributed by atoms with Crippen LogP contribution in [0.5, 0.6) is 0 Å². The fraction of sp³-hybridized carbons (Fsp3) is 0.324. The highest BCUT2D eigenvalue weighted by molar-refractivity contribution is 5.79. The molecule has 0 bridgehead atoms. The molecule has 3 aromatic carbocycles. The average Bonchev–Trinajstić information content (AvgIpc) is 2.93. The van der Waals surface area contributed by atoms with E-state index in [1.54, 1.807) is 6.92 Å². The van der Waals surface area contributed by atoms with Crippen LogP contribution in [0.1, 0.15) is 76.1 Å². The van der Waals surface area contributed by atoms with E-state index < -0.39 is 5.54 Å². The molecule has 3 N–H and O–H groups in total. The number of hydrogen-bond acceptors (Lipinski definition) is 2. The van der Waals surface area contributed by atoms with Gasteiger partial charge >= 0.3 is 0 Å². The van der Waals surface area contributed by atoms with Crippen molar-refractivity contribution < 1.29 is 0 Å². The van der Waals surface area contributed by atoms with Gasteiger partial charge in [0.2, 0.25) is 0 Å². The maximum Gasteiger partial charge on any atom is 0.130 e. The van der Waals surface area contributed by atoms with Gasteiger partial charge in [0.25, 0.3) is 0 Å². The molecule has 3 nitrogen and oxygen atoms in total. The average molecular weight is 498 g/mol. The molecular formula is C34H47N3. The third kappa shape index (κ3) is 10.5. The van der Waals surface area contributed by atoms with E-state index in [9.17, 15) is 0 Å². The summed E-state index contributed by atoms with van der Waals surface area (Å²) in [6.45, 7) is 19.5. The Hall–Kier alpha value is -3.59. The number of nitrogens with one attached hydrogen (secondary N) is 1. The van der Waals surface area contributed by atoms with Crippen LogP contribution in [-0.2, 0) is 12.0 Å². The van der Waals surface area contributed by atoms with E-state index in [0.29, 0.717) is 5.84 Å². The van der Waals surface area contributed by atoms with Crippen LogP contribution in [0, 0.1) is 0 Å². The Morgan fingerprint density at radius 1 is 0.892 bits per heavy atom. The molecule has 0 aromatic heterocycles. The second kappa shape index (κ2) is 17.8. The monoisotopic (exact) mass is 497 g/mol. The van der Waals surface area contributed by atoms with E-state index >= 15 is 0 Å². The van der Waals surface area contributed by atoms with E-state index in [1.165, 1.54) is 30.4 Å². The second-order valence-electron chi connectivity index (χ2n) is 8.98. The molecule has 0 amide bonds. The minimum absolute atomic E-state index is 0.535. The van der Waals surface area contributed by atoms with Gasteiger partial charge in [-0.1, -0.05) is 139 Å². The summed E-state index contributed by atoms with van der Waals surface area (Å²) in [6.07, 6.45) is 6.59. The number of rotatable bonds is 10. The largest absolute Gasteiger partial charge is 0.388 e. The summed E-state index contributed by atoms with van der Waals surface area (Å²) >= 11 is 0. The first-order chi connectivity index (χ1) is 17.9. The zero-order valence-electron chi connectivity index (χ0n) is 23.6. The molecule has 0 atom stereocenters. The highest BCUT2D eigenvalue weighted by Crippen LogP contribution is 2.35. The number of nitrogens with zero attached hydrogens (tertiary/aromatic N) is 1. The maximum atomic E-state index is 5.83. The molecule has 37 heavy (non-hydrogen) atoms. The smallest absolute Gasteiger partial charge is 0.130 e. The summed E-state index contributed by atoms with van der Waals surface area (Å²) in [5, 5.41) is 3.36. The van der Waals surface area contributed by atoms with Crippen LogP contribution in [0.15, 0.2) is 109 Å². The molecule has 0 spiro atoms. The molecule has 0 heterocycles. The Bertz CT molecular complexity index is 1020. The van der Waals surface area contributed by atoms with Crippen LogP contribution >= 0.6 is 0 Å². The zero-order valence-corrected chi connectivity index (χ0v) is 23.6. The van der Waals surface area contributed by atoms with E-state index in [-0.39, 0.29) is 0 Å². The Morgan fingerprint density at radius 3 is 1.86 bits per heavy atom. The molecule has 0 fully saturated rings. The van der Waals surface area contributed by atoms with Gasteiger partial charge in [0.1, 0.15) is 5.54 Å². The van der Waals surface area contributed by atoms with Crippen molar-refractivity contribution in [2.75, 3.05) is 6.54 Å². The molecule has 0 saturated heterocycles. The van der Waals surface area contributed by atoms with E-state index in [1.807, 2.05) is 66.7 Å². The minimum atomic E-state index is -0.624. The molecule has 198 valence electrons. The standard InChI is InChI=1S/C17H18N2.C14H21N.C3H8/c1-3-17(19-14(2)18,15-10-6-4-7-11-15)16-12-8-5-9-13-16;1-4-6-10-15-12(3)14-9-7-8-13(5-2)11-14;1-3-2/h3-13H,1H2,2H3,(H2,18,19);7-9,11,15H,3-6,10H2,1-2H3;3H2,1-2H3. The molecule has 0 aliphatic heterocycles. The Balaban J connectivity index is 0.000000343. The number of aliphatic imine (C=N–C) groups is 1. The summed E-state index contributed by atoms with van der Waals surface area (Å²) < 4.78 is 0. The zero-order chi connectivity index (χ0) is 27.5. The number of unbranched alkanes of at least 4 members (excludes halogenated alkanes) is 1. The van der Waals surface area contributed by atoms with Gasteiger partial charge in [0, 0.05) is 12.2 Å². The van der Waals surface area contributed by atoms with Gasteiger partial charge in [-0.15, -0.1) is 0 Å². The van der Waals surface area contributed by atoms with Crippen molar-refractivity contribution in [2.24, 2.45) is 10.7 Å². The number of amidine groups is 1. The molecule has 0 saturated carbocycles. The van der Waals surface area contributed by atoms with Gasteiger partial charge < -0.3 is 11.1 Å². The summed E-state index contributed by atoms with van der Waals surface area (Å²) in [4.78, 5) is 4.64. The first-order valence-electron chi connectivity index (χ1n) is 13.5. The van der Waals surface area contributed by atoms with Crippen molar-refractivity contribution in [1.29, 1.82) is 0 Å². The molecule has 3 aromatic rings. The first-order valence-corrected chi connectivity index (χ1v) is 13.5. The van der Waals surface area contributed by atoms with Crippen molar-refractivity contribution in [1.82, 2.24) is 5.32 Å². The van der Waals surface area contributed by atoms with Crippen LogP contribution in [-0.4, -0.2) is 12.4 Å². The maximum absolute atomic E-state index is 5.83. The van der Waals surface area contributed by atoms with E-state index in [0.717, 1.165) is 29.8 Å². The van der Waals surface area contributed by atoms with Crippen LogP contribution in [0.3, 0.4) is 0 Å². The molecule has 0 radical (unpaired) electrons. The van der Waals surface area contributed by atoms with Crippen LogP contribution in [0.4, 0.5) is 0 Å². The lowest BCUT2D eigenvalue weighted by molar-refractivity contribution is 0.685. The topological polar surface area (TPSA) is 50.4 Å². The minimum Gasteiger partial charge on any atom is -0.388 e. The number of nitrogens with two attached hydrogens (primary N) is 1.